The van der Waals surface area contributed by atoms with Gasteiger partial charge in [0.25, 0.3) is 11.5 Å². The van der Waals surface area contributed by atoms with Crippen LogP contribution in [0.2, 0.25) is 0 Å². The molecule has 0 aliphatic carbocycles. The standard InChI is InChI=1S/C14H16N4O2/c1-18(2)12-8-10(5-7-15-12)9-17-14(20)11-4-3-6-16-13(11)19/h3-8H,9H2,1-2H3,(H,16,19)(H,17,20). The van der Waals surface area contributed by atoms with Crippen LogP contribution in [0.25, 0.3) is 0 Å². The summed E-state index contributed by atoms with van der Waals surface area (Å²) in [5, 5.41) is 2.72. The van der Waals surface area contributed by atoms with Gasteiger partial charge >= 0.3 is 0 Å². The van der Waals surface area contributed by atoms with Crippen molar-refractivity contribution in [1.82, 2.24) is 15.3 Å². The van der Waals surface area contributed by atoms with Crippen LogP contribution in [-0.2, 0) is 6.54 Å². The maximum absolute atomic E-state index is 11.9. The monoisotopic (exact) mass is 272 g/mol. The second-order valence-corrected chi connectivity index (χ2v) is 4.51. The van der Waals surface area contributed by atoms with Gasteiger partial charge in [-0.1, -0.05) is 0 Å². The number of pyridine rings is 2. The fourth-order valence-electron chi connectivity index (χ4n) is 1.69. The molecule has 2 heterocycles. The van der Waals surface area contributed by atoms with Crippen LogP contribution in [0.3, 0.4) is 0 Å². The van der Waals surface area contributed by atoms with Crippen LogP contribution in [-0.4, -0.2) is 30.0 Å². The quantitative estimate of drug-likeness (QED) is 0.861. The Balaban J connectivity index is 2.06. The van der Waals surface area contributed by atoms with Crippen LogP contribution < -0.4 is 15.8 Å². The fraction of sp³-hybridized carbons (Fsp3) is 0.214. The van der Waals surface area contributed by atoms with E-state index < -0.39 is 11.5 Å². The van der Waals surface area contributed by atoms with Crippen LogP contribution in [0.5, 0.6) is 0 Å². The summed E-state index contributed by atoms with van der Waals surface area (Å²) >= 11 is 0. The molecule has 2 rings (SSSR count). The molecule has 0 saturated carbocycles. The number of amides is 1. The summed E-state index contributed by atoms with van der Waals surface area (Å²) in [5.41, 5.74) is 0.632. The molecule has 0 spiro atoms. The number of nitrogens with zero attached hydrogens (tertiary/aromatic N) is 2. The number of hydrogen-bond donors (Lipinski definition) is 2. The zero-order chi connectivity index (χ0) is 14.5. The number of rotatable bonds is 4. The smallest absolute Gasteiger partial charge is 0.260 e. The largest absolute Gasteiger partial charge is 0.363 e. The number of carbonyl (C=O) groups excluding carboxylic acids is 1. The number of aromatic nitrogens is 2. The molecular formula is C14H16N4O2. The highest BCUT2D eigenvalue weighted by Gasteiger charge is 2.09. The van der Waals surface area contributed by atoms with Crippen LogP contribution in [0.4, 0.5) is 5.82 Å². The van der Waals surface area contributed by atoms with Crippen molar-refractivity contribution in [3.8, 4) is 0 Å². The summed E-state index contributed by atoms with van der Waals surface area (Å²) in [6.45, 7) is 0.344. The van der Waals surface area contributed by atoms with E-state index in [-0.39, 0.29) is 5.56 Å². The van der Waals surface area contributed by atoms with Gasteiger partial charge in [0.05, 0.1) is 0 Å². The highest BCUT2D eigenvalue weighted by Crippen LogP contribution is 2.09. The SMILES string of the molecule is CN(C)c1cc(CNC(=O)c2ccc[nH]c2=O)ccn1. The molecule has 2 aromatic heterocycles. The van der Waals surface area contributed by atoms with Gasteiger partial charge in [-0.15, -0.1) is 0 Å². The van der Waals surface area contributed by atoms with E-state index in [0.29, 0.717) is 6.54 Å². The van der Waals surface area contributed by atoms with Gasteiger partial charge < -0.3 is 15.2 Å². The molecular weight excluding hydrogens is 256 g/mol. The van der Waals surface area contributed by atoms with Gasteiger partial charge in [0.15, 0.2) is 0 Å². The molecule has 0 atom stereocenters. The van der Waals surface area contributed by atoms with Crippen molar-refractivity contribution in [3.63, 3.8) is 0 Å². The highest BCUT2D eigenvalue weighted by atomic mass is 16.2. The van der Waals surface area contributed by atoms with Crippen molar-refractivity contribution < 1.29 is 4.79 Å². The molecule has 0 radical (unpaired) electrons. The van der Waals surface area contributed by atoms with Gasteiger partial charge in [-0.3, -0.25) is 9.59 Å². The second kappa shape index (κ2) is 6.01. The lowest BCUT2D eigenvalue weighted by Gasteiger charge is -2.12. The van der Waals surface area contributed by atoms with Gasteiger partial charge in [-0.25, -0.2) is 4.98 Å². The van der Waals surface area contributed by atoms with Crippen LogP contribution >= 0.6 is 0 Å². The molecule has 0 fully saturated rings. The number of carbonyl (C=O) groups is 1. The summed E-state index contributed by atoms with van der Waals surface area (Å²) in [6.07, 6.45) is 3.18. The minimum absolute atomic E-state index is 0.106. The van der Waals surface area contributed by atoms with E-state index in [1.54, 1.807) is 12.3 Å². The third kappa shape index (κ3) is 3.23. The molecule has 20 heavy (non-hydrogen) atoms. The first-order chi connectivity index (χ1) is 9.58. The average Bonchev–Trinajstić information content (AvgIpc) is 2.45. The van der Waals surface area contributed by atoms with Gasteiger partial charge in [0.2, 0.25) is 0 Å². The number of hydrogen-bond acceptors (Lipinski definition) is 4. The van der Waals surface area contributed by atoms with E-state index in [9.17, 15) is 9.59 Å². The Morgan fingerprint density at radius 1 is 1.40 bits per heavy atom. The van der Waals surface area contributed by atoms with E-state index in [4.69, 9.17) is 0 Å². The lowest BCUT2D eigenvalue weighted by Crippen LogP contribution is -2.28. The summed E-state index contributed by atoms with van der Waals surface area (Å²) in [5.74, 6) is 0.421. The molecule has 0 aliphatic rings. The minimum Gasteiger partial charge on any atom is -0.363 e. The zero-order valence-electron chi connectivity index (χ0n) is 11.4. The van der Waals surface area contributed by atoms with E-state index >= 15 is 0 Å². The zero-order valence-corrected chi connectivity index (χ0v) is 11.4. The first-order valence-electron chi connectivity index (χ1n) is 6.16. The number of H-pyrrole nitrogens is 1. The molecule has 0 bridgehead atoms. The molecule has 6 nitrogen and oxygen atoms in total. The Kier molecular flexibility index (Phi) is 4.14. The normalized spacial score (nSPS) is 10.1. The third-order valence-electron chi connectivity index (χ3n) is 2.78. The summed E-state index contributed by atoms with van der Waals surface area (Å²) < 4.78 is 0. The maximum Gasteiger partial charge on any atom is 0.260 e. The van der Waals surface area contributed by atoms with E-state index in [2.05, 4.69) is 15.3 Å². The van der Waals surface area contributed by atoms with Gasteiger partial charge in [0.1, 0.15) is 11.4 Å². The molecule has 0 aliphatic heterocycles. The topological polar surface area (TPSA) is 78.1 Å². The number of aromatic amines is 1. The Labute approximate surface area is 116 Å². The van der Waals surface area contributed by atoms with Crippen molar-refractivity contribution in [2.75, 3.05) is 19.0 Å². The van der Waals surface area contributed by atoms with Gasteiger partial charge in [-0.05, 0) is 29.8 Å². The second-order valence-electron chi connectivity index (χ2n) is 4.51. The molecule has 0 unspecified atom stereocenters. The predicted molar refractivity (Wildman–Crippen MR) is 76.8 cm³/mol. The average molecular weight is 272 g/mol. The first-order valence-corrected chi connectivity index (χ1v) is 6.16. The van der Waals surface area contributed by atoms with E-state index in [1.807, 2.05) is 31.1 Å². The molecule has 2 aromatic rings. The first kappa shape index (κ1) is 13.8. The van der Waals surface area contributed by atoms with Crippen molar-refractivity contribution in [2.45, 2.75) is 6.54 Å². The Morgan fingerprint density at radius 3 is 2.90 bits per heavy atom. The number of anilines is 1. The summed E-state index contributed by atoms with van der Waals surface area (Å²) in [6, 6.07) is 6.82. The van der Waals surface area contributed by atoms with Crippen molar-refractivity contribution in [3.05, 3.63) is 58.1 Å². The van der Waals surface area contributed by atoms with Crippen molar-refractivity contribution >= 4 is 11.7 Å². The molecule has 0 saturated heterocycles. The predicted octanol–water partition coefficient (Wildman–Crippen LogP) is 0.766. The van der Waals surface area contributed by atoms with Crippen molar-refractivity contribution in [1.29, 1.82) is 0 Å². The lowest BCUT2D eigenvalue weighted by atomic mass is 10.2. The van der Waals surface area contributed by atoms with Crippen molar-refractivity contribution in [2.24, 2.45) is 0 Å². The van der Waals surface area contributed by atoms with Crippen LogP contribution in [0.15, 0.2) is 41.5 Å². The number of nitrogens with one attached hydrogen (secondary N) is 2. The molecule has 1 amide bonds. The molecule has 104 valence electrons. The third-order valence-corrected chi connectivity index (χ3v) is 2.78. The molecule has 6 heteroatoms. The van der Waals surface area contributed by atoms with Gasteiger partial charge in [-0.2, -0.15) is 0 Å². The highest BCUT2D eigenvalue weighted by molar-refractivity contribution is 5.93. The minimum atomic E-state index is -0.395. The maximum atomic E-state index is 11.9. The molecule has 0 aromatic carbocycles. The summed E-state index contributed by atoms with van der Waals surface area (Å²) in [4.78, 5) is 31.9. The van der Waals surface area contributed by atoms with Crippen LogP contribution in [0, 0.1) is 0 Å². The Morgan fingerprint density at radius 2 is 2.20 bits per heavy atom. The van der Waals surface area contributed by atoms with Gasteiger partial charge in [0, 0.05) is 33.0 Å². The Bertz CT molecular complexity index is 664. The van der Waals surface area contributed by atoms with E-state index in [0.717, 1.165) is 11.4 Å². The van der Waals surface area contributed by atoms with Crippen LogP contribution in [0.1, 0.15) is 15.9 Å². The molecule has 2 N–H and O–H groups in total. The van der Waals surface area contributed by atoms with E-state index in [1.165, 1.54) is 12.3 Å². The lowest BCUT2D eigenvalue weighted by molar-refractivity contribution is 0.0949. The Hall–Kier alpha value is -2.63. The summed E-state index contributed by atoms with van der Waals surface area (Å²) in [7, 11) is 3.79. The fourth-order valence-corrected chi connectivity index (χ4v) is 1.69.